The molecule has 0 saturated carbocycles. The van der Waals surface area contributed by atoms with Gasteiger partial charge in [0.25, 0.3) is 0 Å². The summed E-state index contributed by atoms with van der Waals surface area (Å²) in [5.41, 5.74) is 0. The first-order valence-corrected chi connectivity index (χ1v) is 9.04. The Kier molecular flexibility index (Phi) is 10.5. The highest BCUT2D eigenvalue weighted by Gasteiger charge is 2.31. The van der Waals surface area contributed by atoms with Crippen LogP contribution in [0.5, 0.6) is 0 Å². The molecule has 2 atom stereocenters. The predicted octanol–water partition coefficient (Wildman–Crippen LogP) is 3.42. The van der Waals surface area contributed by atoms with Crippen molar-refractivity contribution in [3.63, 3.8) is 0 Å². The summed E-state index contributed by atoms with van der Waals surface area (Å²) in [7, 11) is 1.60. The second-order valence-electron chi connectivity index (χ2n) is 6.63. The highest BCUT2D eigenvalue weighted by molar-refractivity contribution is 5.69. The van der Waals surface area contributed by atoms with E-state index in [1.165, 1.54) is 0 Å². The van der Waals surface area contributed by atoms with Gasteiger partial charge in [-0.1, -0.05) is 19.3 Å². The van der Waals surface area contributed by atoms with E-state index in [2.05, 4.69) is 0 Å². The van der Waals surface area contributed by atoms with Crippen molar-refractivity contribution in [2.45, 2.75) is 83.7 Å². The molecular formula is C18H34O6. The minimum atomic E-state index is -0.434. The molecule has 0 aromatic heterocycles. The maximum Gasteiger partial charge on any atom is 0.305 e. The summed E-state index contributed by atoms with van der Waals surface area (Å²) in [6.45, 7) is 7.09. The van der Waals surface area contributed by atoms with Crippen LogP contribution in [0, 0.1) is 0 Å². The van der Waals surface area contributed by atoms with Gasteiger partial charge in [0.2, 0.25) is 0 Å². The largest absolute Gasteiger partial charge is 0.466 e. The highest BCUT2D eigenvalue weighted by atomic mass is 16.7. The fourth-order valence-corrected chi connectivity index (χ4v) is 2.81. The molecule has 1 heterocycles. The van der Waals surface area contributed by atoms with Crippen molar-refractivity contribution in [1.29, 1.82) is 0 Å². The summed E-state index contributed by atoms with van der Waals surface area (Å²) in [6.07, 6.45) is 6.57. The summed E-state index contributed by atoms with van der Waals surface area (Å²) in [4.78, 5) is 11.5. The molecule has 0 spiro atoms. The molecule has 0 radical (unpaired) electrons. The zero-order valence-electron chi connectivity index (χ0n) is 15.7. The molecule has 1 aliphatic rings. The van der Waals surface area contributed by atoms with Crippen LogP contribution in [0.25, 0.3) is 0 Å². The van der Waals surface area contributed by atoms with Gasteiger partial charge in [-0.3, -0.25) is 4.79 Å². The van der Waals surface area contributed by atoms with Gasteiger partial charge in [0, 0.05) is 13.5 Å². The topological polar surface area (TPSA) is 63.2 Å². The average Bonchev–Trinajstić information content (AvgIpc) is 2.88. The van der Waals surface area contributed by atoms with E-state index in [-0.39, 0.29) is 25.0 Å². The van der Waals surface area contributed by atoms with Crippen LogP contribution in [0.15, 0.2) is 0 Å². The highest BCUT2D eigenvalue weighted by Crippen LogP contribution is 2.25. The van der Waals surface area contributed by atoms with Crippen LogP contribution >= 0.6 is 0 Å². The van der Waals surface area contributed by atoms with Crippen LogP contribution in [0.4, 0.5) is 0 Å². The van der Waals surface area contributed by atoms with E-state index in [1.807, 2.05) is 20.8 Å². The summed E-state index contributed by atoms with van der Waals surface area (Å²) in [5.74, 6) is -0.596. The van der Waals surface area contributed by atoms with Gasteiger partial charge in [-0.2, -0.15) is 0 Å². The van der Waals surface area contributed by atoms with Gasteiger partial charge < -0.3 is 23.7 Å². The Morgan fingerprint density at radius 2 is 2.04 bits per heavy atom. The van der Waals surface area contributed by atoms with Gasteiger partial charge in [0.1, 0.15) is 6.79 Å². The Bertz CT molecular complexity index is 344. The molecule has 0 aromatic carbocycles. The number of ether oxygens (including phenoxy) is 5. The molecule has 6 nitrogen and oxygen atoms in total. The average molecular weight is 346 g/mol. The fraction of sp³-hybridized carbons (Fsp3) is 0.944. The Morgan fingerprint density at radius 1 is 1.25 bits per heavy atom. The van der Waals surface area contributed by atoms with Crippen molar-refractivity contribution < 1.29 is 28.5 Å². The van der Waals surface area contributed by atoms with Crippen LogP contribution in [0.1, 0.15) is 65.7 Å². The van der Waals surface area contributed by atoms with Crippen LogP contribution < -0.4 is 0 Å². The first kappa shape index (κ1) is 21.4. The van der Waals surface area contributed by atoms with Crippen molar-refractivity contribution in [3.8, 4) is 0 Å². The van der Waals surface area contributed by atoms with E-state index < -0.39 is 5.79 Å². The van der Waals surface area contributed by atoms with E-state index in [1.54, 1.807) is 7.11 Å². The van der Waals surface area contributed by atoms with Crippen molar-refractivity contribution >= 4 is 5.97 Å². The molecule has 0 bridgehead atoms. The number of unbranched alkanes of at least 4 members (excludes halogenated alkanes) is 2. The summed E-state index contributed by atoms with van der Waals surface area (Å²) >= 11 is 0. The molecule has 0 amide bonds. The molecule has 142 valence electrons. The lowest BCUT2D eigenvalue weighted by Gasteiger charge is -2.18. The molecular weight excluding hydrogens is 312 g/mol. The van der Waals surface area contributed by atoms with Crippen LogP contribution in [0.2, 0.25) is 0 Å². The molecule has 1 saturated heterocycles. The minimum absolute atomic E-state index is 0.0411. The Balaban J connectivity index is 2.13. The Morgan fingerprint density at radius 3 is 2.67 bits per heavy atom. The van der Waals surface area contributed by atoms with Crippen LogP contribution in [0.3, 0.4) is 0 Å². The van der Waals surface area contributed by atoms with E-state index in [0.29, 0.717) is 26.1 Å². The Labute approximate surface area is 146 Å². The molecule has 0 aromatic rings. The number of methoxy groups -OCH3 is 1. The maximum absolute atomic E-state index is 11.5. The molecule has 0 N–H and O–H groups in total. The van der Waals surface area contributed by atoms with Gasteiger partial charge in [0.15, 0.2) is 5.79 Å². The fourth-order valence-electron chi connectivity index (χ4n) is 2.81. The molecule has 6 heteroatoms. The molecule has 0 aliphatic carbocycles. The lowest BCUT2D eigenvalue weighted by Crippen LogP contribution is -2.21. The lowest BCUT2D eigenvalue weighted by molar-refractivity contribution is -0.145. The van der Waals surface area contributed by atoms with Gasteiger partial charge in [-0.05, 0) is 40.0 Å². The summed E-state index contributed by atoms with van der Waals surface area (Å²) in [6, 6.07) is 0. The van der Waals surface area contributed by atoms with Crippen LogP contribution in [-0.2, 0) is 28.5 Å². The lowest BCUT2D eigenvalue weighted by atomic mass is 10.0. The van der Waals surface area contributed by atoms with Crippen molar-refractivity contribution in [1.82, 2.24) is 0 Å². The monoisotopic (exact) mass is 346 g/mol. The molecule has 1 aliphatic heterocycles. The first-order valence-electron chi connectivity index (χ1n) is 9.04. The number of carbonyl (C=O) groups excluding carboxylic acids is 1. The van der Waals surface area contributed by atoms with Gasteiger partial charge >= 0.3 is 5.97 Å². The van der Waals surface area contributed by atoms with Crippen molar-refractivity contribution in [3.05, 3.63) is 0 Å². The van der Waals surface area contributed by atoms with Gasteiger partial charge in [0.05, 0.1) is 25.4 Å². The quantitative estimate of drug-likeness (QED) is 0.289. The van der Waals surface area contributed by atoms with Gasteiger partial charge in [-0.15, -0.1) is 0 Å². The number of hydrogen-bond acceptors (Lipinski definition) is 6. The second-order valence-corrected chi connectivity index (χ2v) is 6.63. The number of rotatable bonds is 13. The van der Waals surface area contributed by atoms with E-state index in [4.69, 9.17) is 23.7 Å². The number of hydrogen-bond donors (Lipinski definition) is 0. The molecule has 24 heavy (non-hydrogen) atoms. The third kappa shape index (κ3) is 9.57. The van der Waals surface area contributed by atoms with Crippen molar-refractivity contribution in [2.24, 2.45) is 0 Å². The van der Waals surface area contributed by atoms with Gasteiger partial charge in [-0.25, -0.2) is 0 Å². The van der Waals surface area contributed by atoms with E-state index >= 15 is 0 Å². The predicted molar refractivity (Wildman–Crippen MR) is 90.6 cm³/mol. The standard InChI is InChI=1S/C18H34O6/c1-5-21-17(19)12-11-15(22-14-20-4)9-7-6-8-10-16-13-23-18(2,3)24-16/h15-16H,5-14H2,1-4H3/t15-,16-/m1/s1. The minimum Gasteiger partial charge on any atom is -0.466 e. The SMILES string of the molecule is CCOC(=O)CC[C@@H](CCCCC[C@@H]1COC(C)(C)O1)OCOC. The number of carbonyl (C=O) groups is 1. The van der Waals surface area contributed by atoms with Crippen molar-refractivity contribution in [2.75, 3.05) is 27.1 Å². The zero-order chi connectivity index (χ0) is 17.8. The third-order valence-corrected chi connectivity index (χ3v) is 4.02. The van der Waals surface area contributed by atoms with Crippen LogP contribution in [-0.4, -0.2) is 51.1 Å². The zero-order valence-corrected chi connectivity index (χ0v) is 15.7. The Hall–Kier alpha value is -0.690. The smallest absolute Gasteiger partial charge is 0.305 e. The maximum atomic E-state index is 11.5. The molecule has 1 fully saturated rings. The summed E-state index contributed by atoms with van der Waals surface area (Å²) in [5, 5.41) is 0. The summed E-state index contributed by atoms with van der Waals surface area (Å²) < 4.78 is 27.0. The number of esters is 1. The molecule has 1 rings (SSSR count). The normalized spacial score (nSPS) is 20.9. The first-order chi connectivity index (χ1) is 11.5. The van der Waals surface area contributed by atoms with E-state index in [9.17, 15) is 4.79 Å². The third-order valence-electron chi connectivity index (χ3n) is 4.02. The second kappa shape index (κ2) is 11.8. The molecule has 0 unspecified atom stereocenters. The van der Waals surface area contributed by atoms with E-state index in [0.717, 1.165) is 32.1 Å².